The molecule has 0 radical (unpaired) electrons. The fourth-order valence-corrected chi connectivity index (χ4v) is 4.26. The Hall–Kier alpha value is -2.13. The molecule has 3 aliphatic rings. The molecule has 164 valence electrons. The van der Waals surface area contributed by atoms with Crippen LogP contribution in [0, 0.1) is 0 Å². The molecule has 0 bridgehead atoms. The van der Waals surface area contributed by atoms with Crippen molar-refractivity contribution in [1.82, 2.24) is 15.1 Å². The highest BCUT2D eigenvalue weighted by Crippen LogP contribution is 2.49. The number of ether oxygens (including phenoxy) is 1. The van der Waals surface area contributed by atoms with Gasteiger partial charge >= 0.3 is 6.18 Å². The standard InChI is InChI=1S/C21H26F3N3O3/c22-21(23,24)16-3-1-2-15(12-16)20(4-5-20)19(29)25-17-13-18(28)27(14-17)7-6-26-8-10-30-11-9-26/h1-3,12,17H,4-11,13-14H2,(H,25,29). The normalized spacial score (nSPS) is 24.2. The van der Waals surface area contributed by atoms with Crippen LogP contribution in [0.2, 0.25) is 0 Å². The van der Waals surface area contributed by atoms with Crippen molar-refractivity contribution in [3.8, 4) is 0 Å². The topological polar surface area (TPSA) is 61.9 Å². The van der Waals surface area contributed by atoms with E-state index in [1.165, 1.54) is 6.07 Å². The predicted molar refractivity (Wildman–Crippen MR) is 103 cm³/mol. The summed E-state index contributed by atoms with van der Waals surface area (Å²) in [4.78, 5) is 29.3. The number of rotatable bonds is 6. The van der Waals surface area contributed by atoms with Gasteiger partial charge in [-0.05, 0) is 24.5 Å². The highest BCUT2D eigenvalue weighted by molar-refractivity contribution is 5.92. The molecule has 3 fully saturated rings. The molecule has 2 saturated heterocycles. The van der Waals surface area contributed by atoms with Gasteiger partial charge in [-0.15, -0.1) is 0 Å². The minimum atomic E-state index is -4.44. The van der Waals surface area contributed by atoms with Gasteiger partial charge in [0.05, 0.1) is 30.2 Å². The summed E-state index contributed by atoms with van der Waals surface area (Å²) in [7, 11) is 0. The van der Waals surface area contributed by atoms with E-state index in [1.54, 1.807) is 11.0 Å². The third kappa shape index (κ3) is 4.46. The number of nitrogens with one attached hydrogen (secondary N) is 1. The van der Waals surface area contributed by atoms with E-state index in [9.17, 15) is 22.8 Å². The summed E-state index contributed by atoms with van der Waals surface area (Å²) >= 11 is 0. The van der Waals surface area contributed by atoms with Crippen LogP contribution in [0.25, 0.3) is 0 Å². The van der Waals surface area contributed by atoms with Crippen LogP contribution in [0.15, 0.2) is 24.3 Å². The van der Waals surface area contributed by atoms with Crippen molar-refractivity contribution < 1.29 is 27.5 Å². The van der Waals surface area contributed by atoms with E-state index in [0.29, 0.717) is 44.7 Å². The average Bonchev–Trinajstić information content (AvgIpc) is 3.46. The number of benzene rings is 1. The van der Waals surface area contributed by atoms with Crippen molar-refractivity contribution in [2.45, 2.75) is 36.9 Å². The zero-order chi connectivity index (χ0) is 21.4. The minimum absolute atomic E-state index is 0.00234. The van der Waals surface area contributed by atoms with Crippen molar-refractivity contribution in [2.75, 3.05) is 45.9 Å². The molecule has 1 aromatic carbocycles. The summed E-state index contributed by atoms with van der Waals surface area (Å²) in [5, 5.41) is 2.92. The molecule has 1 saturated carbocycles. The molecule has 1 aliphatic carbocycles. The lowest BCUT2D eigenvalue weighted by Gasteiger charge is -2.28. The Bertz CT molecular complexity index is 804. The molecule has 9 heteroatoms. The van der Waals surface area contributed by atoms with Crippen LogP contribution in [0.1, 0.15) is 30.4 Å². The predicted octanol–water partition coefficient (Wildman–Crippen LogP) is 1.79. The molecule has 2 aliphatic heterocycles. The zero-order valence-electron chi connectivity index (χ0n) is 16.7. The van der Waals surface area contributed by atoms with E-state index in [0.717, 1.165) is 31.8 Å². The fraction of sp³-hybridized carbons (Fsp3) is 0.619. The van der Waals surface area contributed by atoms with Crippen LogP contribution in [-0.2, 0) is 25.9 Å². The lowest BCUT2D eigenvalue weighted by atomic mass is 9.93. The van der Waals surface area contributed by atoms with Crippen molar-refractivity contribution >= 4 is 11.8 Å². The number of halogens is 3. The Morgan fingerprint density at radius 2 is 1.93 bits per heavy atom. The van der Waals surface area contributed by atoms with Crippen LogP contribution in [-0.4, -0.2) is 73.6 Å². The Morgan fingerprint density at radius 3 is 2.60 bits per heavy atom. The van der Waals surface area contributed by atoms with Gasteiger partial charge in [0.2, 0.25) is 11.8 Å². The Labute approximate surface area is 173 Å². The van der Waals surface area contributed by atoms with Gasteiger partial charge in [0.25, 0.3) is 0 Å². The zero-order valence-corrected chi connectivity index (χ0v) is 16.7. The number of alkyl halides is 3. The molecular formula is C21H26F3N3O3. The van der Waals surface area contributed by atoms with Gasteiger partial charge < -0.3 is 15.0 Å². The molecule has 0 aromatic heterocycles. The van der Waals surface area contributed by atoms with Crippen LogP contribution in [0.3, 0.4) is 0 Å². The number of likely N-dealkylation sites (tertiary alicyclic amines) is 1. The molecule has 2 amide bonds. The second-order valence-corrected chi connectivity index (χ2v) is 8.33. The Morgan fingerprint density at radius 1 is 1.20 bits per heavy atom. The number of morpholine rings is 1. The monoisotopic (exact) mass is 425 g/mol. The lowest BCUT2D eigenvalue weighted by Crippen LogP contribution is -2.44. The van der Waals surface area contributed by atoms with Crippen LogP contribution in [0.4, 0.5) is 13.2 Å². The second kappa shape index (κ2) is 8.19. The maximum Gasteiger partial charge on any atom is 0.416 e. The largest absolute Gasteiger partial charge is 0.416 e. The molecular weight excluding hydrogens is 399 g/mol. The average molecular weight is 425 g/mol. The van der Waals surface area contributed by atoms with Gasteiger partial charge in [0.15, 0.2) is 0 Å². The number of hydrogen-bond acceptors (Lipinski definition) is 4. The van der Waals surface area contributed by atoms with Gasteiger partial charge in [-0.3, -0.25) is 14.5 Å². The van der Waals surface area contributed by atoms with Crippen LogP contribution < -0.4 is 5.32 Å². The quantitative estimate of drug-likeness (QED) is 0.755. The highest BCUT2D eigenvalue weighted by Gasteiger charge is 2.52. The first-order chi connectivity index (χ1) is 14.3. The highest BCUT2D eigenvalue weighted by atomic mass is 19.4. The molecule has 1 N–H and O–H groups in total. The molecule has 1 unspecified atom stereocenters. The first-order valence-corrected chi connectivity index (χ1v) is 10.3. The van der Waals surface area contributed by atoms with Crippen molar-refractivity contribution in [1.29, 1.82) is 0 Å². The summed E-state index contributed by atoms with van der Waals surface area (Å²) in [5.74, 6) is -0.285. The molecule has 6 nitrogen and oxygen atoms in total. The number of carbonyl (C=O) groups is 2. The number of carbonyl (C=O) groups excluding carboxylic acids is 2. The summed E-state index contributed by atoms with van der Waals surface area (Å²) in [6.45, 7) is 4.90. The SMILES string of the molecule is O=C1CC(NC(=O)C2(c3cccc(C(F)(F)F)c3)CC2)CN1CCN1CCOCC1. The van der Waals surface area contributed by atoms with Crippen molar-refractivity contribution in [3.05, 3.63) is 35.4 Å². The third-order valence-electron chi connectivity index (χ3n) is 6.27. The molecule has 1 aromatic rings. The molecule has 2 heterocycles. The number of amides is 2. The number of hydrogen-bond donors (Lipinski definition) is 1. The molecule has 30 heavy (non-hydrogen) atoms. The van der Waals surface area contributed by atoms with Crippen molar-refractivity contribution in [3.63, 3.8) is 0 Å². The Balaban J connectivity index is 1.34. The van der Waals surface area contributed by atoms with Crippen LogP contribution in [0.5, 0.6) is 0 Å². The van der Waals surface area contributed by atoms with Gasteiger partial charge in [-0.1, -0.05) is 18.2 Å². The third-order valence-corrected chi connectivity index (χ3v) is 6.27. The minimum Gasteiger partial charge on any atom is -0.379 e. The number of nitrogens with zero attached hydrogens (tertiary/aromatic N) is 2. The summed E-state index contributed by atoms with van der Waals surface area (Å²) in [6, 6.07) is 4.70. The van der Waals surface area contributed by atoms with Gasteiger partial charge in [0.1, 0.15) is 0 Å². The fourth-order valence-electron chi connectivity index (χ4n) is 4.26. The first kappa shape index (κ1) is 21.1. The van der Waals surface area contributed by atoms with E-state index in [-0.39, 0.29) is 24.3 Å². The molecule has 0 spiro atoms. The van der Waals surface area contributed by atoms with Gasteiger partial charge in [-0.2, -0.15) is 13.2 Å². The summed E-state index contributed by atoms with van der Waals surface area (Å²) in [5.41, 5.74) is -1.27. The van der Waals surface area contributed by atoms with Crippen LogP contribution >= 0.6 is 0 Å². The lowest BCUT2D eigenvalue weighted by molar-refractivity contribution is -0.137. The molecule has 1 atom stereocenters. The smallest absolute Gasteiger partial charge is 0.379 e. The Kier molecular flexibility index (Phi) is 5.76. The first-order valence-electron chi connectivity index (χ1n) is 10.3. The van der Waals surface area contributed by atoms with Gasteiger partial charge in [-0.25, -0.2) is 0 Å². The summed E-state index contributed by atoms with van der Waals surface area (Å²) in [6.07, 6.45) is -3.18. The van der Waals surface area contributed by atoms with Crippen molar-refractivity contribution in [2.24, 2.45) is 0 Å². The van der Waals surface area contributed by atoms with E-state index in [1.807, 2.05) is 0 Å². The maximum atomic E-state index is 13.0. The van der Waals surface area contributed by atoms with E-state index >= 15 is 0 Å². The van der Waals surface area contributed by atoms with Gasteiger partial charge in [0, 0.05) is 39.1 Å². The maximum absolute atomic E-state index is 13.0. The summed E-state index contributed by atoms with van der Waals surface area (Å²) < 4.78 is 44.5. The van der Waals surface area contributed by atoms with E-state index in [4.69, 9.17) is 4.74 Å². The van der Waals surface area contributed by atoms with E-state index < -0.39 is 17.2 Å². The van der Waals surface area contributed by atoms with E-state index in [2.05, 4.69) is 10.2 Å². The molecule has 4 rings (SSSR count). The second-order valence-electron chi connectivity index (χ2n) is 8.33.